The summed E-state index contributed by atoms with van der Waals surface area (Å²) in [6.45, 7) is 9.15. The van der Waals surface area contributed by atoms with Crippen molar-refractivity contribution in [3.8, 4) is 5.75 Å². The van der Waals surface area contributed by atoms with Gasteiger partial charge in [-0.05, 0) is 52.8 Å². The topological polar surface area (TPSA) is 75.7 Å². The van der Waals surface area contributed by atoms with E-state index in [9.17, 15) is 14.8 Å². The molecule has 2 rings (SSSR count). The fourth-order valence-electron chi connectivity index (χ4n) is 3.36. The van der Waals surface area contributed by atoms with Crippen LogP contribution in [-0.4, -0.2) is 38.1 Å². The molecule has 0 spiro atoms. The summed E-state index contributed by atoms with van der Waals surface area (Å²) in [5, 5.41) is 13.5. The van der Waals surface area contributed by atoms with E-state index in [0.717, 1.165) is 5.06 Å². The summed E-state index contributed by atoms with van der Waals surface area (Å²) in [4.78, 5) is 24.2. The monoisotopic (exact) mass is 474 g/mol. The summed E-state index contributed by atoms with van der Waals surface area (Å²) in [6, 6.07) is 6.38. The van der Waals surface area contributed by atoms with Crippen LogP contribution in [0.1, 0.15) is 57.8 Å². The number of hydrogen-bond donors (Lipinski definition) is 0. The van der Waals surface area contributed by atoms with Crippen LogP contribution in [0.4, 0.5) is 0 Å². The zero-order chi connectivity index (χ0) is 19.7. The van der Waals surface area contributed by atoms with Gasteiger partial charge in [0.15, 0.2) is 0 Å². The molecular weight excluding hydrogens is 449 g/mol. The predicted molar refractivity (Wildman–Crippen MR) is 105 cm³/mol. The van der Waals surface area contributed by atoms with Gasteiger partial charge in [-0.15, -0.1) is 10.3 Å². The van der Waals surface area contributed by atoms with Crippen LogP contribution in [0.25, 0.3) is 0 Å². The SMILES string of the molecule is CC(I)C(=O)Oc1cccc(C(=O)OC2CC(C)(C)N([O])C(C)(C)C2)c1. The van der Waals surface area contributed by atoms with Crippen LogP contribution >= 0.6 is 22.6 Å². The first-order valence-electron chi connectivity index (χ1n) is 8.57. The molecule has 1 aliphatic rings. The lowest BCUT2D eigenvalue weighted by molar-refractivity contribution is -0.298. The molecule has 0 aromatic heterocycles. The molecule has 7 heteroatoms. The molecule has 0 aliphatic carbocycles. The Morgan fingerprint density at radius 2 is 1.77 bits per heavy atom. The Kier molecular flexibility index (Phi) is 6.35. The maximum atomic E-state index is 12.5. The highest BCUT2D eigenvalue weighted by Gasteiger charge is 2.47. The van der Waals surface area contributed by atoms with E-state index in [1.54, 1.807) is 25.1 Å². The Morgan fingerprint density at radius 3 is 2.31 bits per heavy atom. The minimum Gasteiger partial charge on any atom is -0.459 e. The first-order chi connectivity index (χ1) is 11.9. The zero-order valence-corrected chi connectivity index (χ0v) is 17.9. The van der Waals surface area contributed by atoms with E-state index in [1.807, 2.05) is 50.3 Å². The van der Waals surface area contributed by atoms with Crippen molar-refractivity contribution in [2.24, 2.45) is 0 Å². The lowest BCUT2D eigenvalue weighted by atomic mass is 9.80. The minimum absolute atomic E-state index is 0.287. The Hall–Kier alpha value is -1.19. The van der Waals surface area contributed by atoms with E-state index >= 15 is 0 Å². The Balaban J connectivity index is 2.09. The largest absolute Gasteiger partial charge is 0.459 e. The number of ether oxygens (including phenoxy) is 2. The van der Waals surface area contributed by atoms with Crippen molar-refractivity contribution < 1.29 is 24.3 Å². The number of piperidine rings is 1. The van der Waals surface area contributed by atoms with E-state index in [-0.39, 0.29) is 16.0 Å². The van der Waals surface area contributed by atoms with Crippen LogP contribution in [-0.2, 0) is 14.7 Å². The summed E-state index contributed by atoms with van der Waals surface area (Å²) in [5.74, 6) is -0.549. The number of benzene rings is 1. The Morgan fingerprint density at radius 1 is 1.19 bits per heavy atom. The van der Waals surface area contributed by atoms with Gasteiger partial charge in [0, 0.05) is 23.9 Å². The summed E-state index contributed by atoms with van der Waals surface area (Å²) in [7, 11) is 0. The summed E-state index contributed by atoms with van der Waals surface area (Å²) < 4.78 is 10.6. The number of esters is 2. The van der Waals surface area contributed by atoms with E-state index in [4.69, 9.17) is 9.47 Å². The lowest BCUT2D eigenvalue weighted by Gasteiger charge is -2.49. The number of carbonyl (C=O) groups excluding carboxylic acids is 2. The van der Waals surface area contributed by atoms with Crippen LogP contribution in [0.3, 0.4) is 0 Å². The summed E-state index contributed by atoms with van der Waals surface area (Å²) in [6.07, 6.45) is 0.581. The second-order valence-corrected chi connectivity index (χ2v) is 9.79. The minimum atomic E-state index is -0.611. The van der Waals surface area contributed by atoms with Gasteiger partial charge in [0.25, 0.3) is 0 Å². The molecule has 1 atom stereocenters. The highest BCUT2D eigenvalue weighted by Crippen LogP contribution is 2.38. The van der Waals surface area contributed by atoms with Crippen molar-refractivity contribution in [3.05, 3.63) is 29.8 Å². The van der Waals surface area contributed by atoms with Crippen LogP contribution in [0.5, 0.6) is 5.75 Å². The standard InChI is InChI=1S/C19H25INO5/c1-12(20)16(22)25-14-8-6-7-13(9-14)17(23)26-15-10-18(2,3)21(24)19(4,5)11-15/h6-9,12,15H,10-11H2,1-5H3. The number of alkyl halides is 1. The zero-order valence-electron chi connectivity index (χ0n) is 15.7. The lowest BCUT2D eigenvalue weighted by Crippen LogP contribution is -2.60. The Labute approximate surface area is 167 Å². The van der Waals surface area contributed by atoms with Crippen LogP contribution in [0.15, 0.2) is 24.3 Å². The molecule has 1 heterocycles. The third kappa shape index (κ3) is 4.95. The molecule has 143 valence electrons. The molecule has 1 fully saturated rings. The predicted octanol–water partition coefficient (Wildman–Crippen LogP) is 3.94. The molecular formula is C19H25INO5. The first kappa shape index (κ1) is 21.1. The Bertz CT molecular complexity index is 668. The fraction of sp³-hybridized carbons (Fsp3) is 0.579. The van der Waals surface area contributed by atoms with Gasteiger partial charge in [-0.3, -0.25) is 4.79 Å². The summed E-state index contributed by atoms with van der Waals surface area (Å²) in [5.41, 5.74) is -0.905. The van der Waals surface area contributed by atoms with Gasteiger partial charge in [-0.25, -0.2) is 4.79 Å². The molecule has 1 aromatic carbocycles. The van der Waals surface area contributed by atoms with Gasteiger partial charge >= 0.3 is 11.9 Å². The van der Waals surface area contributed by atoms with E-state index in [0.29, 0.717) is 24.2 Å². The molecule has 1 aliphatic heterocycles. The van der Waals surface area contributed by atoms with Gasteiger partial charge in [0.05, 0.1) is 5.56 Å². The molecule has 0 amide bonds. The molecule has 0 bridgehead atoms. The molecule has 1 radical (unpaired) electrons. The van der Waals surface area contributed by atoms with Crippen molar-refractivity contribution in [1.29, 1.82) is 0 Å². The van der Waals surface area contributed by atoms with Crippen LogP contribution < -0.4 is 4.74 Å². The number of hydrogen-bond acceptors (Lipinski definition) is 5. The molecule has 6 nitrogen and oxygen atoms in total. The van der Waals surface area contributed by atoms with E-state index in [1.165, 1.54) is 6.07 Å². The second-order valence-electron chi connectivity index (χ2n) is 7.92. The van der Waals surface area contributed by atoms with Gasteiger partial charge in [-0.2, -0.15) is 0 Å². The van der Waals surface area contributed by atoms with Crippen LogP contribution in [0, 0.1) is 0 Å². The first-order valence-corrected chi connectivity index (χ1v) is 9.81. The van der Waals surface area contributed by atoms with Gasteiger partial charge in [0.1, 0.15) is 15.8 Å². The van der Waals surface area contributed by atoms with Crippen molar-refractivity contribution in [1.82, 2.24) is 5.06 Å². The number of halogens is 1. The number of nitrogens with zero attached hydrogens (tertiary/aromatic N) is 1. The third-order valence-electron chi connectivity index (χ3n) is 4.44. The van der Waals surface area contributed by atoms with Crippen molar-refractivity contribution >= 4 is 34.5 Å². The number of hydroxylamine groups is 2. The molecule has 0 saturated carbocycles. The molecule has 26 heavy (non-hydrogen) atoms. The quantitative estimate of drug-likeness (QED) is 0.286. The third-order valence-corrected chi connectivity index (χ3v) is 4.95. The summed E-state index contributed by atoms with van der Waals surface area (Å²) >= 11 is 1.97. The van der Waals surface area contributed by atoms with Gasteiger partial charge in [0.2, 0.25) is 0 Å². The number of rotatable bonds is 4. The van der Waals surface area contributed by atoms with Crippen molar-refractivity contribution in [3.63, 3.8) is 0 Å². The highest BCUT2D eigenvalue weighted by atomic mass is 127. The van der Waals surface area contributed by atoms with Gasteiger partial charge < -0.3 is 9.47 Å². The van der Waals surface area contributed by atoms with Gasteiger partial charge in [-0.1, -0.05) is 28.7 Å². The fourth-order valence-corrected chi connectivity index (χ4v) is 3.49. The number of carbonyl (C=O) groups is 2. The smallest absolute Gasteiger partial charge is 0.338 e. The van der Waals surface area contributed by atoms with Crippen LogP contribution in [0.2, 0.25) is 0 Å². The molecule has 0 N–H and O–H groups in total. The van der Waals surface area contributed by atoms with Crippen molar-refractivity contribution in [2.75, 3.05) is 0 Å². The normalized spacial score (nSPS) is 21.0. The average molecular weight is 474 g/mol. The maximum absolute atomic E-state index is 12.5. The van der Waals surface area contributed by atoms with E-state index in [2.05, 4.69) is 0 Å². The highest BCUT2D eigenvalue weighted by molar-refractivity contribution is 14.1. The van der Waals surface area contributed by atoms with Crippen molar-refractivity contribution in [2.45, 2.75) is 68.6 Å². The maximum Gasteiger partial charge on any atom is 0.338 e. The van der Waals surface area contributed by atoms with E-state index < -0.39 is 17.0 Å². The average Bonchev–Trinajstić information content (AvgIpc) is 2.52. The molecule has 1 saturated heterocycles. The molecule has 1 aromatic rings. The second kappa shape index (κ2) is 7.82. The molecule has 1 unspecified atom stereocenters.